The smallest absolute Gasteiger partial charge is 0.220 e. The maximum Gasteiger partial charge on any atom is 0.220 e. The van der Waals surface area contributed by atoms with Gasteiger partial charge in [0.2, 0.25) is 11.9 Å². The topological polar surface area (TPSA) is 134 Å². The molecule has 10 heteroatoms. The van der Waals surface area contributed by atoms with Crippen molar-refractivity contribution in [1.29, 1.82) is 0 Å². The lowest BCUT2D eigenvalue weighted by molar-refractivity contribution is 0.0977. The fraction of sp³-hybridized carbons (Fsp3) is 0.273. The Labute approximate surface area is 193 Å². The number of phenols is 1. The van der Waals surface area contributed by atoms with Crippen LogP contribution >= 0.6 is 23.2 Å². The summed E-state index contributed by atoms with van der Waals surface area (Å²) in [4.78, 5) is 37.3. The zero-order valence-electron chi connectivity index (χ0n) is 16.9. The van der Waals surface area contributed by atoms with Crippen LogP contribution in [0.25, 0.3) is 0 Å². The zero-order chi connectivity index (χ0) is 22.8. The zero-order valence-corrected chi connectivity index (χ0v) is 18.4. The average molecular weight is 472 g/mol. The molecule has 1 fully saturated rings. The molecule has 1 saturated carbocycles. The largest absolute Gasteiger partial charge is 0.506 e. The summed E-state index contributed by atoms with van der Waals surface area (Å²) in [5.74, 6) is -1.52. The van der Waals surface area contributed by atoms with Crippen molar-refractivity contribution in [2.75, 3.05) is 4.90 Å². The van der Waals surface area contributed by atoms with Crippen molar-refractivity contribution in [2.45, 2.75) is 37.8 Å². The number of hydrogen-bond donors (Lipinski definition) is 3. The van der Waals surface area contributed by atoms with E-state index in [0.717, 1.165) is 19.3 Å². The summed E-state index contributed by atoms with van der Waals surface area (Å²) in [6.45, 7) is 0. The fourth-order valence-corrected chi connectivity index (χ4v) is 5.36. The van der Waals surface area contributed by atoms with Gasteiger partial charge in [0.05, 0.1) is 21.8 Å². The minimum absolute atomic E-state index is 0.00985. The van der Waals surface area contributed by atoms with Gasteiger partial charge in [-0.25, -0.2) is 4.99 Å². The lowest BCUT2D eigenvalue weighted by Gasteiger charge is -2.46. The van der Waals surface area contributed by atoms with E-state index in [9.17, 15) is 14.7 Å². The third-order valence-electron chi connectivity index (χ3n) is 6.28. The van der Waals surface area contributed by atoms with Crippen LogP contribution in [0.2, 0.25) is 10.0 Å². The number of rotatable bonds is 1. The monoisotopic (exact) mass is 471 g/mol. The minimum Gasteiger partial charge on any atom is -0.506 e. The molecule has 0 amide bonds. The number of halogens is 2. The number of ketones is 2. The van der Waals surface area contributed by atoms with E-state index in [4.69, 9.17) is 34.7 Å². The van der Waals surface area contributed by atoms with Gasteiger partial charge in [-0.2, -0.15) is 4.99 Å². The second-order valence-electron chi connectivity index (χ2n) is 8.10. The predicted octanol–water partition coefficient (Wildman–Crippen LogP) is 3.58. The number of hydrogen-bond acceptors (Lipinski definition) is 8. The molecule has 164 valence electrons. The highest BCUT2D eigenvalue weighted by molar-refractivity contribution is 6.47. The molecule has 0 saturated heterocycles. The number of nitrogens with zero attached hydrogens (tertiary/aromatic N) is 3. The Morgan fingerprint density at radius 1 is 0.938 bits per heavy atom. The number of carbonyl (C=O) groups is 2. The minimum atomic E-state index is -0.924. The van der Waals surface area contributed by atoms with Crippen molar-refractivity contribution >= 4 is 52.4 Å². The van der Waals surface area contributed by atoms with E-state index < -0.39 is 23.0 Å². The van der Waals surface area contributed by atoms with Crippen molar-refractivity contribution in [3.05, 3.63) is 56.6 Å². The summed E-state index contributed by atoms with van der Waals surface area (Å²) in [6.07, 6.45) is 3.89. The molecule has 5 rings (SSSR count). The standard InChI is InChI=1S/C22H19Cl2N5O3/c23-14-15(24)19(32)13-12(17(30)10-6-2-3-7-11(10)18(13)31)16(14)29-21(26)27-20(25)28-22(29)8-4-1-5-9-22/h2-3,6-7,32H,1,4-5,8-9H2,(H4,25,26,27,28). The van der Waals surface area contributed by atoms with Gasteiger partial charge < -0.3 is 16.6 Å². The summed E-state index contributed by atoms with van der Waals surface area (Å²) in [7, 11) is 0. The fourth-order valence-electron chi connectivity index (χ4n) is 4.91. The number of anilines is 1. The van der Waals surface area contributed by atoms with Crippen LogP contribution in [0.15, 0.2) is 34.3 Å². The number of aliphatic imine (C=N–C) groups is 2. The molecule has 8 nitrogen and oxygen atoms in total. The molecule has 1 spiro atoms. The van der Waals surface area contributed by atoms with Gasteiger partial charge in [-0.15, -0.1) is 0 Å². The predicted molar refractivity (Wildman–Crippen MR) is 123 cm³/mol. The number of carbonyl (C=O) groups excluding carboxylic acids is 2. The van der Waals surface area contributed by atoms with E-state index >= 15 is 0 Å². The molecule has 2 aliphatic carbocycles. The van der Waals surface area contributed by atoms with Gasteiger partial charge in [0.15, 0.2) is 11.6 Å². The Morgan fingerprint density at radius 2 is 1.53 bits per heavy atom. The highest BCUT2D eigenvalue weighted by Gasteiger charge is 2.47. The van der Waals surface area contributed by atoms with Crippen molar-refractivity contribution in [1.82, 2.24) is 0 Å². The summed E-state index contributed by atoms with van der Waals surface area (Å²) < 4.78 is 0. The molecule has 0 aromatic heterocycles. The number of fused-ring (bicyclic) bond motifs is 2. The highest BCUT2D eigenvalue weighted by Crippen LogP contribution is 2.51. The Hall–Kier alpha value is -3.10. The number of aromatic hydroxyl groups is 1. The van der Waals surface area contributed by atoms with Crippen molar-refractivity contribution in [2.24, 2.45) is 21.5 Å². The normalized spacial score (nSPS) is 19.4. The quantitative estimate of drug-likeness (QED) is 0.496. The molecule has 0 unspecified atom stereocenters. The first kappa shape index (κ1) is 20.8. The number of guanidine groups is 2. The van der Waals surface area contributed by atoms with Gasteiger partial charge >= 0.3 is 0 Å². The Morgan fingerprint density at radius 3 is 2.16 bits per heavy atom. The van der Waals surface area contributed by atoms with E-state index in [1.54, 1.807) is 23.1 Å². The molecule has 1 aliphatic heterocycles. The summed E-state index contributed by atoms with van der Waals surface area (Å²) in [6, 6.07) is 6.40. The van der Waals surface area contributed by atoms with Crippen LogP contribution in [0, 0.1) is 0 Å². The molecule has 0 radical (unpaired) electrons. The summed E-state index contributed by atoms with van der Waals surface area (Å²) in [5.41, 5.74) is 11.6. The van der Waals surface area contributed by atoms with Crippen LogP contribution < -0.4 is 16.4 Å². The third-order valence-corrected chi connectivity index (χ3v) is 7.11. The van der Waals surface area contributed by atoms with E-state index in [-0.39, 0.29) is 49.9 Å². The molecular formula is C22H19Cl2N5O3. The van der Waals surface area contributed by atoms with Crippen LogP contribution in [0.4, 0.5) is 5.69 Å². The molecule has 2 aromatic carbocycles. The summed E-state index contributed by atoms with van der Waals surface area (Å²) in [5, 5.41) is 10.4. The lowest BCUT2D eigenvalue weighted by Crippen LogP contribution is -2.59. The first-order valence-corrected chi connectivity index (χ1v) is 10.9. The van der Waals surface area contributed by atoms with Crippen molar-refractivity contribution < 1.29 is 14.7 Å². The van der Waals surface area contributed by atoms with Gasteiger partial charge in [-0.1, -0.05) is 53.9 Å². The van der Waals surface area contributed by atoms with Gasteiger partial charge in [0, 0.05) is 11.1 Å². The van der Waals surface area contributed by atoms with E-state index in [1.165, 1.54) is 6.07 Å². The number of nitrogens with two attached hydrogens (primary N) is 2. The molecule has 32 heavy (non-hydrogen) atoms. The van der Waals surface area contributed by atoms with Crippen LogP contribution in [0.5, 0.6) is 5.75 Å². The Bertz CT molecular complexity index is 1260. The molecule has 5 N–H and O–H groups in total. The SMILES string of the molecule is NC1=NC2(CCCCC2)N(c2c(Cl)c(Cl)c(O)c3c2C(=O)c2ccccc2C3=O)C(N)=N1. The Kier molecular flexibility index (Phi) is 4.69. The van der Waals surface area contributed by atoms with Crippen LogP contribution in [-0.4, -0.2) is 34.3 Å². The highest BCUT2D eigenvalue weighted by atomic mass is 35.5. The maximum absolute atomic E-state index is 13.6. The van der Waals surface area contributed by atoms with Crippen molar-refractivity contribution in [3.63, 3.8) is 0 Å². The molecular weight excluding hydrogens is 453 g/mol. The van der Waals surface area contributed by atoms with E-state index in [1.807, 2.05) is 0 Å². The number of phenolic OH excluding ortho intramolecular Hbond substituents is 1. The second-order valence-corrected chi connectivity index (χ2v) is 8.85. The van der Waals surface area contributed by atoms with Crippen LogP contribution in [0.3, 0.4) is 0 Å². The molecule has 3 aliphatic rings. The maximum atomic E-state index is 13.6. The van der Waals surface area contributed by atoms with E-state index in [0.29, 0.717) is 12.8 Å². The van der Waals surface area contributed by atoms with Crippen LogP contribution in [0.1, 0.15) is 63.9 Å². The van der Waals surface area contributed by atoms with Gasteiger partial charge in [0.25, 0.3) is 0 Å². The van der Waals surface area contributed by atoms with Gasteiger partial charge in [0.1, 0.15) is 16.4 Å². The molecule has 0 atom stereocenters. The third kappa shape index (κ3) is 2.76. The van der Waals surface area contributed by atoms with Crippen molar-refractivity contribution in [3.8, 4) is 5.75 Å². The van der Waals surface area contributed by atoms with E-state index in [2.05, 4.69) is 9.98 Å². The molecule has 0 bridgehead atoms. The summed E-state index contributed by atoms with van der Waals surface area (Å²) >= 11 is 13.0. The van der Waals surface area contributed by atoms with Crippen LogP contribution in [-0.2, 0) is 0 Å². The molecule has 2 aromatic rings. The first-order valence-electron chi connectivity index (χ1n) is 10.2. The Balaban J connectivity index is 1.85. The molecule has 1 heterocycles. The average Bonchev–Trinajstić information content (AvgIpc) is 2.77. The lowest BCUT2D eigenvalue weighted by atomic mass is 9.81. The van der Waals surface area contributed by atoms with Gasteiger partial charge in [-0.3, -0.25) is 14.5 Å². The number of benzene rings is 2. The second kappa shape index (κ2) is 7.21. The first-order chi connectivity index (χ1) is 15.3. The van der Waals surface area contributed by atoms with Gasteiger partial charge in [-0.05, 0) is 25.7 Å².